The zero-order valence-electron chi connectivity index (χ0n) is 9.80. The van der Waals surface area contributed by atoms with Crippen LogP contribution in [0.5, 0.6) is 0 Å². The van der Waals surface area contributed by atoms with Gasteiger partial charge in [0, 0.05) is 25.5 Å². The molecule has 0 aliphatic rings. The van der Waals surface area contributed by atoms with E-state index in [0.717, 1.165) is 6.42 Å². The Morgan fingerprint density at radius 2 is 2.35 bits per heavy atom. The Hall–Kier alpha value is -1.69. The molecule has 0 aromatic carbocycles. The van der Waals surface area contributed by atoms with E-state index in [1.807, 2.05) is 6.92 Å². The monoisotopic (exact) mass is 239 g/mol. The summed E-state index contributed by atoms with van der Waals surface area (Å²) in [6.45, 7) is 2.52. The second-order valence-electron chi connectivity index (χ2n) is 3.88. The Kier molecular flexibility index (Phi) is 4.84. The maximum absolute atomic E-state index is 11.7. The highest BCUT2D eigenvalue weighted by molar-refractivity contribution is 5.90. The first kappa shape index (κ1) is 13.4. The molecule has 1 heterocycles. The minimum absolute atomic E-state index is 0.0962. The minimum Gasteiger partial charge on any atom is -0.396 e. The number of carbonyl (C=O) groups excluding carboxylic acids is 1. The fraction of sp³-hybridized carbons (Fsp3) is 0.545. The quantitative estimate of drug-likeness (QED) is 0.715. The standard InChI is InChI=1S/C11H17N3O3/c1-2-8(7-15)3-5-14-6-4-13-9(10(12)16)11(14)17/h4,6,8,15H,2-3,5,7H2,1H3,(H2,12,16). The molecule has 0 saturated heterocycles. The molecule has 0 bridgehead atoms. The normalized spacial score (nSPS) is 12.4. The third-order valence-electron chi connectivity index (χ3n) is 2.76. The predicted molar refractivity (Wildman–Crippen MR) is 62.5 cm³/mol. The first-order valence-corrected chi connectivity index (χ1v) is 5.56. The summed E-state index contributed by atoms with van der Waals surface area (Å²) in [6.07, 6.45) is 4.41. The SMILES string of the molecule is CCC(CO)CCn1ccnc(C(N)=O)c1=O. The number of aliphatic hydroxyl groups excluding tert-OH is 1. The maximum Gasteiger partial charge on any atom is 0.282 e. The second kappa shape index (κ2) is 6.15. The highest BCUT2D eigenvalue weighted by Gasteiger charge is 2.11. The van der Waals surface area contributed by atoms with Crippen LogP contribution in [-0.4, -0.2) is 27.2 Å². The van der Waals surface area contributed by atoms with E-state index in [0.29, 0.717) is 13.0 Å². The highest BCUT2D eigenvalue weighted by atomic mass is 16.3. The van der Waals surface area contributed by atoms with Gasteiger partial charge in [0.2, 0.25) is 0 Å². The van der Waals surface area contributed by atoms with Crippen LogP contribution in [-0.2, 0) is 6.54 Å². The van der Waals surface area contributed by atoms with Crippen LogP contribution in [0, 0.1) is 5.92 Å². The van der Waals surface area contributed by atoms with Gasteiger partial charge in [-0.2, -0.15) is 0 Å². The van der Waals surface area contributed by atoms with Gasteiger partial charge in [-0.1, -0.05) is 13.3 Å². The van der Waals surface area contributed by atoms with E-state index >= 15 is 0 Å². The van der Waals surface area contributed by atoms with Gasteiger partial charge in [-0.25, -0.2) is 4.98 Å². The number of nitrogens with zero attached hydrogens (tertiary/aromatic N) is 2. The third-order valence-corrected chi connectivity index (χ3v) is 2.76. The summed E-state index contributed by atoms with van der Waals surface area (Å²) in [6, 6.07) is 0. The van der Waals surface area contributed by atoms with Crippen molar-refractivity contribution in [2.45, 2.75) is 26.3 Å². The molecule has 6 nitrogen and oxygen atoms in total. The summed E-state index contributed by atoms with van der Waals surface area (Å²) in [5.41, 5.74) is 4.31. The number of aryl methyl sites for hydroxylation is 1. The molecule has 0 saturated carbocycles. The Morgan fingerprint density at radius 3 is 2.88 bits per heavy atom. The maximum atomic E-state index is 11.7. The third kappa shape index (κ3) is 3.39. The number of primary amides is 1. The number of carbonyl (C=O) groups is 1. The molecular formula is C11H17N3O3. The van der Waals surface area contributed by atoms with Crippen LogP contribution in [0.15, 0.2) is 17.2 Å². The Balaban J connectivity index is 2.82. The van der Waals surface area contributed by atoms with Crippen molar-refractivity contribution in [3.63, 3.8) is 0 Å². The summed E-state index contributed by atoms with van der Waals surface area (Å²) >= 11 is 0. The molecule has 0 spiro atoms. The Bertz CT molecular complexity index is 438. The van der Waals surface area contributed by atoms with Crippen molar-refractivity contribution in [1.82, 2.24) is 9.55 Å². The Morgan fingerprint density at radius 1 is 1.65 bits per heavy atom. The molecule has 1 aromatic heterocycles. The molecule has 17 heavy (non-hydrogen) atoms. The van der Waals surface area contributed by atoms with Crippen molar-refractivity contribution in [3.8, 4) is 0 Å². The molecule has 3 N–H and O–H groups in total. The van der Waals surface area contributed by atoms with Gasteiger partial charge < -0.3 is 15.4 Å². The van der Waals surface area contributed by atoms with Gasteiger partial charge in [-0.3, -0.25) is 9.59 Å². The van der Waals surface area contributed by atoms with Crippen LogP contribution < -0.4 is 11.3 Å². The molecule has 1 rings (SSSR count). The van der Waals surface area contributed by atoms with Crippen LogP contribution >= 0.6 is 0 Å². The lowest BCUT2D eigenvalue weighted by Gasteiger charge is -2.12. The van der Waals surface area contributed by atoms with Crippen LogP contribution in [0.1, 0.15) is 30.3 Å². The molecule has 6 heteroatoms. The molecule has 0 aliphatic carbocycles. The zero-order valence-corrected chi connectivity index (χ0v) is 9.80. The van der Waals surface area contributed by atoms with Gasteiger partial charge in [0.25, 0.3) is 11.5 Å². The largest absolute Gasteiger partial charge is 0.396 e. The van der Waals surface area contributed by atoms with Gasteiger partial charge in [0.05, 0.1) is 0 Å². The number of rotatable bonds is 6. The average molecular weight is 239 g/mol. The molecular weight excluding hydrogens is 222 g/mol. The first-order valence-electron chi connectivity index (χ1n) is 5.56. The molecule has 1 amide bonds. The van der Waals surface area contributed by atoms with Crippen molar-refractivity contribution < 1.29 is 9.90 Å². The van der Waals surface area contributed by atoms with Gasteiger partial charge in [-0.15, -0.1) is 0 Å². The van der Waals surface area contributed by atoms with Crippen LogP contribution in [0.3, 0.4) is 0 Å². The second-order valence-corrected chi connectivity index (χ2v) is 3.88. The minimum atomic E-state index is -0.821. The molecule has 94 valence electrons. The van der Waals surface area contributed by atoms with E-state index < -0.39 is 11.5 Å². The molecule has 0 fully saturated rings. The lowest BCUT2D eigenvalue weighted by Crippen LogP contribution is -2.31. The number of hydrogen-bond donors (Lipinski definition) is 2. The highest BCUT2D eigenvalue weighted by Crippen LogP contribution is 2.07. The lowest BCUT2D eigenvalue weighted by molar-refractivity contribution is 0.0993. The van der Waals surface area contributed by atoms with Crippen molar-refractivity contribution in [1.29, 1.82) is 0 Å². The summed E-state index contributed by atoms with van der Waals surface area (Å²) < 4.78 is 1.39. The van der Waals surface area contributed by atoms with Gasteiger partial charge in [0.15, 0.2) is 5.69 Å². The first-order chi connectivity index (χ1) is 8.10. The van der Waals surface area contributed by atoms with Crippen molar-refractivity contribution >= 4 is 5.91 Å². The fourth-order valence-electron chi connectivity index (χ4n) is 1.54. The summed E-state index contributed by atoms with van der Waals surface area (Å²) in [5, 5.41) is 9.04. The van der Waals surface area contributed by atoms with Crippen LogP contribution in [0.25, 0.3) is 0 Å². The predicted octanol–water partition coefficient (Wildman–Crippen LogP) is -0.249. The molecule has 0 radical (unpaired) electrons. The number of aliphatic hydroxyl groups is 1. The number of nitrogens with two attached hydrogens (primary N) is 1. The molecule has 1 unspecified atom stereocenters. The molecule has 1 aromatic rings. The Labute approximate surface area is 99.1 Å². The van der Waals surface area contributed by atoms with E-state index in [1.165, 1.54) is 17.0 Å². The summed E-state index contributed by atoms with van der Waals surface area (Å²) in [7, 11) is 0. The van der Waals surface area contributed by atoms with E-state index in [1.54, 1.807) is 0 Å². The summed E-state index contributed by atoms with van der Waals surface area (Å²) in [4.78, 5) is 26.3. The van der Waals surface area contributed by atoms with E-state index in [4.69, 9.17) is 10.8 Å². The zero-order chi connectivity index (χ0) is 12.8. The lowest BCUT2D eigenvalue weighted by atomic mass is 10.0. The van der Waals surface area contributed by atoms with Crippen molar-refractivity contribution in [2.75, 3.05) is 6.61 Å². The molecule has 1 atom stereocenters. The van der Waals surface area contributed by atoms with Crippen LogP contribution in [0.4, 0.5) is 0 Å². The van der Waals surface area contributed by atoms with Gasteiger partial charge >= 0.3 is 0 Å². The number of amides is 1. The average Bonchev–Trinajstić information content (AvgIpc) is 2.32. The van der Waals surface area contributed by atoms with Crippen molar-refractivity contribution in [3.05, 3.63) is 28.4 Å². The summed E-state index contributed by atoms with van der Waals surface area (Å²) in [5.74, 6) is -0.661. The topological polar surface area (TPSA) is 98.2 Å². The number of hydrogen-bond acceptors (Lipinski definition) is 4. The smallest absolute Gasteiger partial charge is 0.282 e. The van der Waals surface area contributed by atoms with Crippen molar-refractivity contribution in [2.24, 2.45) is 11.7 Å². The van der Waals surface area contributed by atoms with Crippen LogP contribution in [0.2, 0.25) is 0 Å². The van der Waals surface area contributed by atoms with E-state index in [9.17, 15) is 9.59 Å². The number of aromatic nitrogens is 2. The van der Waals surface area contributed by atoms with E-state index in [2.05, 4.69) is 4.98 Å². The van der Waals surface area contributed by atoms with Gasteiger partial charge in [-0.05, 0) is 12.3 Å². The fourth-order valence-corrected chi connectivity index (χ4v) is 1.54. The van der Waals surface area contributed by atoms with Gasteiger partial charge in [0.1, 0.15) is 0 Å². The van der Waals surface area contributed by atoms with E-state index in [-0.39, 0.29) is 18.2 Å². The molecule has 0 aliphatic heterocycles.